The molecule has 0 aliphatic heterocycles. The van der Waals surface area contributed by atoms with E-state index in [-0.39, 0.29) is 0 Å². The molecule has 4 aromatic carbocycles. The molecular weight excluding hydrogens is 490 g/mol. The first-order valence-electron chi connectivity index (χ1n) is 13.3. The predicted octanol–water partition coefficient (Wildman–Crippen LogP) is 8.25. The monoisotopic (exact) mass is 513 g/mol. The topological polar surface area (TPSA) is 48.5 Å². The molecule has 188 valence electrons. The Morgan fingerprint density at radius 1 is 0.500 bits per heavy atom. The van der Waals surface area contributed by atoms with Gasteiger partial charge in [-0.05, 0) is 47.5 Å². The minimum Gasteiger partial charge on any atom is -0.315 e. The second-order valence-corrected chi connectivity index (χ2v) is 9.84. The van der Waals surface area contributed by atoms with Gasteiger partial charge in [-0.1, -0.05) is 84.9 Å². The molecule has 0 saturated heterocycles. The summed E-state index contributed by atoms with van der Waals surface area (Å²) < 4.78 is 4.35. The van der Waals surface area contributed by atoms with Gasteiger partial charge < -0.3 is 4.57 Å². The fourth-order valence-corrected chi connectivity index (χ4v) is 5.57. The normalized spacial score (nSPS) is 11.5. The largest absolute Gasteiger partial charge is 0.315 e. The van der Waals surface area contributed by atoms with Crippen LogP contribution in [0.4, 0.5) is 0 Å². The van der Waals surface area contributed by atoms with E-state index in [1.807, 2.05) is 36.4 Å². The molecule has 0 bridgehead atoms. The van der Waals surface area contributed by atoms with Crippen LogP contribution in [0.25, 0.3) is 66.9 Å². The summed E-state index contributed by atoms with van der Waals surface area (Å²) in [4.78, 5) is 14.7. The Bertz CT molecular complexity index is 2160. The highest BCUT2D eigenvalue weighted by Gasteiger charge is 2.17. The molecule has 0 amide bonds. The Morgan fingerprint density at radius 3 is 1.95 bits per heavy atom. The quantitative estimate of drug-likeness (QED) is 0.238. The summed E-state index contributed by atoms with van der Waals surface area (Å²) in [5.41, 5.74) is 8.22. The zero-order valence-corrected chi connectivity index (χ0v) is 21.5. The molecule has 0 aliphatic carbocycles. The molecule has 8 rings (SSSR count). The molecule has 0 N–H and O–H groups in total. The molecular formula is C35H23N5. The second kappa shape index (κ2) is 9.03. The number of benzene rings is 4. The molecule has 4 aromatic heterocycles. The van der Waals surface area contributed by atoms with E-state index < -0.39 is 0 Å². The van der Waals surface area contributed by atoms with Crippen molar-refractivity contribution >= 4 is 32.8 Å². The zero-order valence-electron chi connectivity index (χ0n) is 21.5. The van der Waals surface area contributed by atoms with Gasteiger partial charge in [-0.25, -0.2) is 9.97 Å². The highest BCUT2D eigenvalue weighted by atomic mass is 15.2. The third-order valence-electron chi connectivity index (χ3n) is 7.46. The Morgan fingerprint density at radius 2 is 1.18 bits per heavy atom. The van der Waals surface area contributed by atoms with Crippen LogP contribution in [0.5, 0.6) is 0 Å². The molecule has 5 nitrogen and oxygen atoms in total. The van der Waals surface area contributed by atoms with Gasteiger partial charge in [0.25, 0.3) is 0 Å². The van der Waals surface area contributed by atoms with Crippen LogP contribution in [-0.4, -0.2) is 24.1 Å². The van der Waals surface area contributed by atoms with Gasteiger partial charge in [-0.15, -0.1) is 0 Å². The fourth-order valence-electron chi connectivity index (χ4n) is 5.57. The van der Waals surface area contributed by atoms with Gasteiger partial charge in [-0.2, -0.15) is 4.98 Å². The number of hydrogen-bond donors (Lipinski definition) is 0. The Kier molecular flexibility index (Phi) is 5.07. The average molecular weight is 514 g/mol. The van der Waals surface area contributed by atoms with Crippen molar-refractivity contribution in [1.29, 1.82) is 0 Å². The lowest BCUT2D eigenvalue weighted by Crippen LogP contribution is -2.04. The van der Waals surface area contributed by atoms with E-state index >= 15 is 0 Å². The molecule has 5 heteroatoms. The van der Waals surface area contributed by atoms with Crippen LogP contribution in [0.15, 0.2) is 140 Å². The predicted molar refractivity (Wildman–Crippen MR) is 162 cm³/mol. The minimum atomic E-state index is 0.596. The number of aromatic nitrogens is 5. The van der Waals surface area contributed by atoms with E-state index in [4.69, 9.17) is 9.97 Å². The summed E-state index contributed by atoms with van der Waals surface area (Å²) >= 11 is 0. The van der Waals surface area contributed by atoms with E-state index in [1.54, 1.807) is 6.20 Å². The molecule has 0 fully saturated rings. The van der Waals surface area contributed by atoms with Gasteiger partial charge in [0.05, 0.1) is 16.7 Å². The lowest BCUT2D eigenvalue weighted by molar-refractivity contribution is 0.975. The van der Waals surface area contributed by atoms with Crippen LogP contribution in [0, 0.1) is 0 Å². The summed E-state index contributed by atoms with van der Waals surface area (Å²) in [5.74, 6) is 0.596. The van der Waals surface area contributed by atoms with Gasteiger partial charge in [0.2, 0.25) is 5.95 Å². The number of pyridine rings is 1. The summed E-state index contributed by atoms with van der Waals surface area (Å²) in [7, 11) is 0. The highest BCUT2D eigenvalue weighted by molar-refractivity contribution is 6.06. The van der Waals surface area contributed by atoms with Gasteiger partial charge in [0, 0.05) is 46.0 Å². The molecule has 0 aliphatic rings. The van der Waals surface area contributed by atoms with Crippen LogP contribution >= 0.6 is 0 Å². The van der Waals surface area contributed by atoms with E-state index in [2.05, 4.69) is 111 Å². The molecule has 8 aromatic rings. The van der Waals surface area contributed by atoms with E-state index in [1.165, 1.54) is 11.1 Å². The highest BCUT2D eigenvalue weighted by Crippen LogP contribution is 2.33. The van der Waals surface area contributed by atoms with Crippen LogP contribution in [0.1, 0.15) is 0 Å². The van der Waals surface area contributed by atoms with E-state index in [0.717, 1.165) is 44.1 Å². The van der Waals surface area contributed by atoms with Crippen molar-refractivity contribution in [3.63, 3.8) is 0 Å². The van der Waals surface area contributed by atoms with Crippen molar-refractivity contribution in [2.75, 3.05) is 0 Å². The third-order valence-corrected chi connectivity index (χ3v) is 7.46. The van der Waals surface area contributed by atoms with Crippen molar-refractivity contribution in [2.45, 2.75) is 0 Å². The van der Waals surface area contributed by atoms with Crippen molar-refractivity contribution < 1.29 is 0 Å². The van der Waals surface area contributed by atoms with Crippen molar-refractivity contribution in [1.82, 2.24) is 24.1 Å². The standard InChI is InChI=1S/C35H23N5/c1-3-9-24(10-4-1)28-13-7-14-29(23-28)39-21-18-26-16-17-27-19-22-40(33(27)32(26)39)35-37-31(25-11-5-2-6-12-25)30-15-8-20-36-34(30)38-35/h1-23H. The molecule has 0 saturated carbocycles. The maximum atomic E-state index is 5.11. The number of nitrogens with zero attached hydrogens (tertiary/aromatic N) is 5. The van der Waals surface area contributed by atoms with Crippen LogP contribution in [0.3, 0.4) is 0 Å². The first kappa shape index (κ1) is 22.4. The maximum Gasteiger partial charge on any atom is 0.236 e. The summed E-state index contributed by atoms with van der Waals surface area (Å²) in [6.45, 7) is 0. The van der Waals surface area contributed by atoms with E-state index in [0.29, 0.717) is 11.6 Å². The van der Waals surface area contributed by atoms with Gasteiger partial charge in [-0.3, -0.25) is 4.57 Å². The second-order valence-electron chi connectivity index (χ2n) is 9.84. The maximum absolute atomic E-state index is 5.11. The molecule has 0 radical (unpaired) electrons. The summed E-state index contributed by atoms with van der Waals surface area (Å²) in [5, 5.41) is 3.21. The molecule has 40 heavy (non-hydrogen) atoms. The zero-order chi connectivity index (χ0) is 26.5. The number of hydrogen-bond acceptors (Lipinski definition) is 3. The Hall–Kier alpha value is -5.55. The van der Waals surface area contributed by atoms with Crippen LogP contribution in [0.2, 0.25) is 0 Å². The molecule has 0 spiro atoms. The van der Waals surface area contributed by atoms with Gasteiger partial charge in [0.15, 0.2) is 5.65 Å². The lowest BCUT2D eigenvalue weighted by atomic mass is 10.1. The first-order chi connectivity index (χ1) is 19.8. The van der Waals surface area contributed by atoms with Gasteiger partial charge >= 0.3 is 0 Å². The summed E-state index contributed by atoms with van der Waals surface area (Å²) in [6.07, 6.45) is 5.98. The average Bonchev–Trinajstić information content (AvgIpc) is 3.66. The minimum absolute atomic E-state index is 0.596. The Balaban J connectivity index is 1.37. The first-order valence-corrected chi connectivity index (χ1v) is 13.3. The number of rotatable bonds is 4. The SMILES string of the molecule is c1ccc(-c2cccc(-n3ccc4ccc5ccn(-c6nc(-c7ccccc7)c7cccnc7n6)c5c43)c2)cc1. The number of fused-ring (bicyclic) bond motifs is 4. The fraction of sp³-hybridized carbons (Fsp3) is 0. The molecule has 0 atom stereocenters. The van der Waals surface area contributed by atoms with Crippen molar-refractivity contribution in [3.05, 3.63) is 140 Å². The summed E-state index contributed by atoms with van der Waals surface area (Å²) in [6, 6.07) is 42.0. The van der Waals surface area contributed by atoms with Crippen molar-refractivity contribution in [2.24, 2.45) is 0 Å². The lowest BCUT2D eigenvalue weighted by Gasteiger charge is -2.13. The van der Waals surface area contributed by atoms with Gasteiger partial charge in [0.1, 0.15) is 0 Å². The van der Waals surface area contributed by atoms with Crippen LogP contribution < -0.4 is 0 Å². The Labute approximate surface area is 230 Å². The van der Waals surface area contributed by atoms with Crippen LogP contribution in [-0.2, 0) is 0 Å². The molecule has 4 heterocycles. The van der Waals surface area contributed by atoms with Crippen molar-refractivity contribution in [3.8, 4) is 34.0 Å². The smallest absolute Gasteiger partial charge is 0.236 e. The third kappa shape index (κ3) is 3.60. The van der Waals surface area contributed by atoms with E-state index in [9.17, 15) is 0 Å². The molecule has 0 unspecified atom stereocenters.